The standard InChI is InChI=1S/C18H22N2O/c21-18-8-4-7-16(12-18)13-20-10-9-19-17(14-20)11-15-5-2-1-3-6-15/h1-8,12,17,19,21H,9-11,13-14H2. The van der Waals surface area contributed by atoms with Crippen molar-refractivity contribution >= 4 is 0 Å². The molecule has 2 aromatic rings. The number of benzene rings is 2. The summed E-state index contributed by atoms with van der Waals surface area (Å²) in [6, 6.07) is 18.7. The van der Waals surface area contributed by atoms with Crippen LogP contribution in [0.25, 0.3) is 0 Å². The highest BCUT2D eigenvalue weighted by molar-refractivity contribution is 5.27. The van der Waals surface area contributed by atoms with Crippen molar-refractivity contribution < 1.29 is 5.11 Å². The summed E-state index contributed by atoms with van der Waals surface area (Å²) in [6.45, 7) is 4.03. The van der Waals surface area contributed by atoms with Crippen molar-refractivity contribution in [2.75, 3.05) is 19.6 Å². The minimum absolute atomic E-state index is 0.350. The zero-order chi connectivity index (χ0) is 14.5. The lowest BCUT2D eigenvalue weighted by molar-refractivity contribution is 0.191. The van der Waals surface area contributed by atoms with Crippen molar-refractivity contribution in [1.29, 1.82) is 0 Å². The van der Waals surface area contributed by atoms with Crippen LogP contribution >= 0.6 is 0 Å². The van der Waals surface area contributed by atoms with E-state index in [4.69, 9.17) is 0 Å². The van der Waals surface area contributed by atoms with E-state index in [-0.39, 0.29) is 0 Å². The molecule has 0 spiro atoms. The first-order valence-corrected chi connectivity index (χ1v) is 7.57. The molecule has 1 unspecified atom stereocenters. The van der Waals surface area contributed by atoms with Gasteiger partial charge in [0, 0.05) is 32.2 Å². The third-order valence-corrected chi connectivity index (χ3v) is 3.98. The molecule has 0 amide bonds. The molecule has 0 radical (unpaired) electrons. The van der Waals surface area contributed by atoms with Gasteiger partial charge in [0.25, 0.3) is 0 Å². The molecule has 3 heteroatoms. The molecule has 1 saturated heterocycles. The van der Waals surface area contributed by atoms with E-state index in [1.165, 1.54) is 11.1 Å². The van der Waals surface area contributed by atoms with Gasteiger partial charge in [0.1, 0.15) is 5.75 Å². The van der Waals surface area contributed by atoms with Crippen molar-refractivity contribution in [3.63, 3.8) is 0 Å². The Hall–Kier alpha value is -1.84. The number of rotatable bonds is 4. The predicted octanol–water partition coefficient (Wildman–Crippen LogP) is 2.41. The maximum absolute atomic E-state index is 9.56. The predicted molar refractivity (Wildman–Crippen MR) is 85.3 cm³/mol. The number of piperazine rings is 1. The Balaban J connectivity index is 1.58. The fourth-order valence-electron chi connectivity index (χ4n) is 2.99. The van der Waals surface area contributed by atoms with Crippen LogP contribution < -0.4 is 5.32 Å². The third kappa shape index (κ3) is 4.06. The first kappa shape index (κ1) is 14.1. The summed E-state index contributed by atoms with van der Waals surface area (Å²) in [6.07, 6.45) is 1.07. The minimum Gasteiger partial charge on any atom is -0.508 e. The second kappa shape index (κ2) is 6.74. The van der Waals surface area contributed by atoms with Crippen molar-refractivity contribution in [2.45, 2.75) is 19.0 Å². The van der Waals surface area contributed by atoms with Gasteiger partial charge in [0.05, 0.1) is 0 Å². The van der Waals surface area contributed by atoms with Crippen LogP contribution in [0.4, 0.5) is 0 Å². The topological polar surface area (TPSA) is 35.5 Å². The van der Waals surface area contributed by atoms with Gasteiger partial charge in [-0.15, -0.1) is 0 Å². The zero-order valence-electron chi connectivity index (χ0n) is 12.2. The van der Waals surface area contributed by atoms with Crippen LogP contribution in [0.15, 0.2) is 54.6 Å². The second-order valence-electron chi connectivity index (χ2n) is 5.75. The quantitative estimate of drug-likeness (QED) is 0.904. The molecule has 0 bridgehead atoms. The summed E-state index contributed by atoms with van der Waals surface area (Å²) in [5.41, 5.74) is 2.56. The van der Waals surface area contributed by atoms with Gasteiger partial charge in [-0.25, -0.2) is 0 Å². The normalized spacial score (nSPS) is 19.5. The molecule has 3 nitrogen and oxygen atoms in total. The first-order valence-electron chi connectivity index (χ1n) is 7.57. The third-order valence-electron chi connectivity index (χ3n) is 3.98. The van der Waals surface area contributed by atoms with Crippen LogP contribution in [-0.2, 0) is 13.0 Å². The number of nitrogens with zero attached hydrogens (tertiary/aromatic N) is 1. The molecule has 1 heterocycles. The van der Waals surface area contributed by atoms with Crippen molar-refractivity contribution in [1.82, 2.24) is 10.2 Å². The Bertz CT molecular complexity index is 570. The molecule has 1 aliphatic heterocycles. The molecule has 21 heavy (non-hydrogen) atoms. The Morgan fingerprint density at radius 1 is 1.05 bits per heavy atom. The van der Waals surface area contributed by atoms with E-state index in [0.29, 0.717) is 11.8 Å². The molecule has 110 valence electrons. The van der Waals surface area contributed by atoms with Crippen molar-refractivity contribution in [3.8, 4) is 5.75 Å². The highest BCUT2D eigenvalue weighted by Crippen LogP contribution is 2.15. The van der Waals surface area contributed by atoms with Gasteiger partial charge in [-0.05, 0) is 29.7 Å². The number of phenols is 1. The van der Waals surface area contributed by atoms with Gasteiger partial charge in [0.2, 0.25) is 0 Å². The largest absolute Gasteiger partial charge is 0.508 e. The molecule has 1 atom stereocenters. The Morgan fingerprint density at radius 3 is 2.67 bits per heavy atom. The molecule has 2 aromatic carbocycles. The molecular weight excluding hydrogens is 260 g/mol. The molecule has 0 aromatic heterocycles. The molecule has 1 fully saturated rings. The summed E-state index contributed by atoms with van der Waals surface area (Å²) in [5.74, 6) is 0.350. The molecule has 3 rings (SSSR count). The Kier molecular flexibility index (Phi) is 4.53. The van der Waals surface area contributed by atoms with E-state index in [0.717, 1.165) is 32.6 Å². The summed E-state index contributed by atoms with van der Waals surface area (Å²) < 4.78 is 0. The maximum Gasteiger partial charge on any atom is 0.115 e. The van der Waals surface area contributed by atoms with E-state index in [1.807, 2.05) is 12.1 Å². The number of aromatic hydroxyl groups is 1. The fourth-order valence-corrected chi connectivity index (χ4v) is 2.99. The van der Waals surface area contributed by atoms with Gasteiger partial charge in [-0.3, -0.25) is 4.90 Å². The molecular formula is C18H22N2O. The number of hydrogen-bond acceptors (Lipinski definition) is 3. The molecule has 1 aliphatic rings. The maximum atomic E-state index is 9.56. The second-order valence-corrected chi connectivity index (χ2v) is 5.75. The van der Waals surface area contributed by atoms with E-state index < -0.39 is 0 Å². The summed E-state index contributed by atoms with van der Waals surface area (Å²) in [4.78, 5) is 2.46. The number of nitrogens with one attached hydrogen (secondary N) is 1. The SMILES string of the molecule is Oc1cccc(CN2CCNC(Cc3ccccc3)C2)c1. The van der Waals surface area contributed by atoms with E-state index in [9.17, 15) is 5.11 Å². The van der Waals surface area contributed by atoms with Gasteiger partial charge < -0.3 is 10.4 Å². The van der Waals surface area contributed by atoms with Crippen LogP contribution in [-0.4, -0.2) is 35.7 Å². The van der Waals surface area contributed by atoms with Gasteiger partial charge in [-0.2, -0.15) is 0 Å². The first-order chi connectivity index (χ1) is 10.3. The lowest BCUT2D eigenvalue weighted by Crippen LogP contribution is -2.51. The van der Waals surface area contributed by atoms with Gasteiger partial charge in [0.15, 0.2) is 0 Å². The summed E-state index contributed by atoms with van der Waals surface area (Å²) in [7, 11) is 0. The molecule has 0 aliphatic carbocycles. The number of hydrogen-bond donors (Lipinski definition) is 2. The Labute approximate surface area is 126 Å². The highest BCUT2D eigenvalue weighted by Gasteiger charge is 2.19. The highest BCUT2D eigenvalue weighted by atomic mass is 16.3. The van der Waals surface area contributed by atoms with Gasteiger partial charge in [-0.1, -0.05) is 42.5 Å². The average molecular weight is 282 g/mol. The number of phenolic OH excluding ortho intramolecular Hbond substituents is 1. The Morgan fingerprint density at radius 2 is 1.86 bits per heavy atom. The van der Waals surface area contributed by atoms with Crippen LogP contribution in [0.5, 0.6) is 5.75 Å². The van der Waals surface area contributed by atoms with Crippen LogP contribution in [0.3, 0.4) is 0 Å². The van der Waals surface area contributed by atoms with E-state index in [1.54, 1.807) is 6.07 Å². The fraction of sp³-hybridized carbons (Fsp3) is 0.333. The van der Waals surface area contributed by atoms with Crippen LogP contribution in [0, 0.1) is 0 Å². The monoisotopic (exact) mass is 282 g/mol. The zero-order valence-corrected chi connectivity index (χ0v) is 12.2. The van der Waals surface area contributed by atoms with Crippen molar-refractivity contribution in [3.05, 3.63) is 65.7 Å². The van der Waals surface area contributed by atoms with E-state index in [2.05, 4.69) is 46.6 Å². The lowest BCUT2D eigenvalue weighted by atomic mass is 10.0. The van der Waals surface area contributed by atoms with Crippen LogP contribution in [0.2, 0.25) is 0 Å². The lowest BCUT2D eigenvalue weighted by Gasteiger charge is -2.34. The average Bonchev–Trinajstić information content (AvgIpc) is 2.49. The van der Waals surface area contributed by atoms with Gasteiger partial charge >= 0.3 is 0 Å². The summed E-state index contributed by atoms with van der Waals surface area (Å²) >= 11 is 0. The minimum atomic E-state index is 0.350. The molecule has 2 N–H and O–H groups in total. The van der Waals surface area contributed by atoms with Crippen molar-refractivity contribution in [2.24, 2.45) is 0 Å². The molecule has 0 saturated carbocycles. The summed E-state index contributed by atoms with van der Waals surface area (Å²) in [5, 5.41) is 13.2. The smallest absolute Gasteiger partial charge is 0.115 e. The van der Waals surface area contributed by atoms with E-state index >= 15 is 0 Å². The van der Waals surface area contributed by atoms with Crippen LogP contribution in [0.1, 0.15) is 11.1 Å².